The summed E-state index contributed by atoms with van der Waals surface area (Å²) in [6.07, 6.45) is 0. The summed E-state index contributed by atoms with van der Waals surface area (Å²) in [5.41, 5.74) is 1.67. The highest BCUT2D eigenvalue weighted by molar-refractivity contribution is 7.78. The molecule has 1 aromatic heterocycles. The minimum absolute atomic E-state index is 0.0922. The number of benzene rings is 1. The van der Waals surface area contributed by atoms with Gasteiger partial charge in [-0.1, -0.05) is 13.8 Å². The summed E-state index contributed by atoms with van der Waals surface area (Å²) in [4.78, 5) is 18.7. The number of nitrogens with zero attached hydrogens (tertiary/aromatic N) is 3. The maximum atomic E-state index is 10.9. The zero-order valence-corrected chi connectivity index (χ0v) is 12.5. The van der Waals surface area contributed by atoms with Gasteiger partial charge in [-0.25, -0.2) is 4.98 Å². The van der Waals surface area contributed by atoms with E-state index in [9.17, 15) is 10.1 Å². The van der Waals surface area contributed by atoms with Crippen LogP contribution < -0.4 is 0 Å². The number of aromatic nitrogens is 1. The highest BCUT2D eigenvalue weighted by Crippen LogP contribution is 2.33. The summed E-state index contributed by atoms with van der Waals surface area (Å²) in [5, 5.41) is 16.0. The molecule has 0 saturated carbocycles. The number of hydrogen-bond donors (Lipinski definition) is 0. The predicted molar refractivity (Wildman–Crippen MR) is 83.0 cm³/mol. The van der Waals surface area contributed by atoms with Crippen molar-refractivity contribution in [1.82, 2.24) is 4.98 Å². The Morgan fingerprint density at radius 3 is 2.80 bits per heavy atom. The molecule has 0 aliphatic heterocycles. The number of thiocarbonyl (C=S) groups is 1. The third-order valence-corrected chi connectivity index (χ3v) is 3.89. The van der Waals surface area contributed by atoms with Crippen molar-refractivity contribution in [3.63, 3.8) is 0 Å². The predicted octanol–water partition coefficient (Wildman–Crippen LogP) is 4.58. The Kier molecular flexibility index (Phi) is 4.34. The van der Waals surface area contributed by atoms with Gasteiger partial charge in [-0.3, -0.25) is 10.1 Å². The fraction of sp³-hybridized carbons (Fsp3) is 0.231. The van der Waals surface area contributed by atoms with Crippen LogP contribution in [0.1, 0.15) is 24.8 Å². The lowest BCUT2D eigenvalue weighted by Gasteiger charge is -2.00. The molecular weight excluding hydrogens is 294 g/mol. The lowest BCUT2D eigenvalue weighted by atomic mass is 10.1. The fourth-order valence-electron chi connectivity index (χ4n) is 1.66. The van der Waals surface area contributed by atoms with E-state index < -0.39 is 4.92 Å². The molecule has 0 atom stereocenters. The summed E-state index contributed by atoms with van der Waals surface area (Å²) < 4.78 is 0. The number of rotatable bonds is 4. The first-order valence-corrected chi connectivity index (χ1v) is 7.14. The van der Waals surface area contributed by atoms with Gasteiger partial charge in [-0.2, -0.15) is 4.99 Å². The van der Waals surface area contributed by atoms with Gasteiger partial charge in [-0.05, 0) is 24.4 Å². The lowest BCUT2D eigenvalue weighted by Crippen LogP contribution is -1.90. The van der Waals surface area contributed by atoms with Crippen LogP contribution in [0.2, 0.25) is 0 Å². The molecule has 0 aliphatic carbocycles. The van der Waals surface area contributed by atoms with Crippen molar-refractivity contribution in [3.05, 3.63) is 38.7 Å². The molecule has 0 fully saturated rings. The molecule has 0 aliphatic rings. The van der Waals surface area contributed by atoms with Crippen LogP contribution in [0.4, 0.5) is 11.4 Å². The molecule has 0 saturated heterocycles. The van der Waals surface area contributed by atoms with Gasteiger partial charge in [0.25, 0.3) is 5.69 Å². The Labute approximate surface area is 125 Å². The number of nitro benzene ring substituents is 1. The van der Waals surface area contributed by atoms with Crippen LogP contribution in [-0.4, -0.2) is 15.1 Å². The first kappa shape index (κ1) is 14.5. The first-order valence-electron chi connectivity index (χ1n) is 5.85. The van der Waals surface area contributed by atoms with E-state index in [0.717, 1.165) is 16.3 Å². The molecule has 0 radical (unpaired) electrons. The molecule has 1 heterocycles. The molecule has 0 amide bonds. The van der Waals surface area contributed by atoms with Gasteiger partial charge >= 0.3 is 0 Å². The zero-order chi connectivity index (χ0) is 14.7. The van der Waals surface area contributed by atoms with Crippen LogP contribution in [0.3, 0.4) is 0 Å². The largest absolute Gasteiger partial charge is 0.295 e. The second-order valence-corrected chi connectivity index (χ2v) is 5.46. The number of aliphatic imine (C=N–C) groups is 1. The molecule has 102 valence electrons. The van der Waals surface area contributed by atoms with E-state index in [1.807, 2.05) is 5.38 Å². The van der Waals surface area contributed by atoms with Crippen molar-refractivity contribution in [1.29, 1.82) is 0 Å². The molecular formula is C13H11N3O2S2. The molecule has 0 bridgehead atoms. The van der Waals surface area contributed by atoms with Crippen LogP contribution >= 0.6 is 23.6 Å². The third-order valence-electron chi connectivity index (χ3n) is 2.65. The van der Waals surface area contributed by atoms with Gasteiger partial charge in [0.2, 0.25) is 0 Å². The van der Waals surface area contributed by atoms with Crippen LogP contribution in [0, 0.1) is 10.1 Å². The number of nitro groups is 1. The Balaban J connectivity index is 2.49. The minimum atomic E-state index is -0.490. The molecule has 0 N–H and O–H groups in total. The Morgan fingerprint density at radius 2 is 2.25 bits per heavy atom. The van der Waals surface area contributed by atoms with Gasteiger partial charge in [0.05, 0.1) is 20.8 Å². The topological polar surface area (TPSA) is 68.4 Å². The zero-order valence-electron chi connectivity index (χ0n) is 10.9. The van der Waals surface area contributed by atoms with Crippen molar-refractivity contribution in [2.45, 2.75) is 19.8 Å². The normalized spacial score (nSPS) is 10.3. The van der Waals surface area contributed by atoms with Gasteiger partial charge < -0.3 is 0 Å². The molecule has 5 nitrogen and oxygen atoms in total. The highest BCUT2D eigenvalue weighted by Gasteiger charge is 2.15. The Hall–Kier alpha value is -1.95. The third kappa shape index (κ3) is 2.96. The summed E-state index contributed by atoms with van der Waals surface area (Å²) >= 11 is 6.10. The summed E-state index contributed by atoms with van der Waals surface area (Å²) in [5.74, 6) is 0.352. The van der Waals surface area contributed by atoms with Gasteiger partial charge in [0.1, 0.15) is 0 Å². The first-order chi connectivity index (χ1) is 9.52. The standard InChI is InChI=1S/C13H11N3O2S2/c1-8(2)13-15-11(6-20-13)9-3-4-12(16(17)18)10(5-9)14-7-19/h3-6,8H,1-2H3. The molecule has 0 unspecified atom stereocenters. The van der Waals surface area contributed by atoms with Crippen molar-refractivity contribution in [2.24, 2.45) is 4.99 Å². The van der Waals surface area contributed by atoms with Crippen molar-refractivity contribution >= 4 is 40.1 Å². The van der Waals surface area contributed by atoms with Crippen LogP contribution in [0.25, 0.3) is 11.3 Å². The van der Waals surface area contributed by atoms with Crippen molar-refractivity contribution in [3.8, 4) is 11.3 Å². The SMILES string of the molecule is CC(C)c1nc(-c2ccc([N+](=O)[O-])c(N=C=S)c2)cs1. The smallest absolute Gasteiger partial charge is 0.258 e. The maximum Gasteiger partial charge on any atom is 0.295 e. The molecule has 7 heteroatoms. The Bertz CT molecular complexity index is 703. The van der Waals surface area contributed by atoms with Crippen LogP contribution in [-0.2, 0) is 0 Å². The van der Waals surface area contributed by atoms with Crippen LogP contribution in [0.15, 0.2) is 28.6 Å². The van der Waals surface area contributed by atoms with E-state index in [1.54, 1.807) is 23.5 Å². The minimum Gasteiger partial charge on any atom is -0.258 e. The summed E-state index contributed by atoms with van der Waals surface area (Å²) in [7, 11) is 0. The molecule has 2 rings (SSSR count). The fourth-order valence-corrected chi connectivity index (χ4v) is 2.60. The van der Waals surface area contributed by atoms with E-state index in [-0.39, 0.29) is 11.4 Å². The van der Waals surface area contributed by atoms with Gasteiger partial charge in [0.15, 0.2) is 5.69 Å². The molecule has 1 aromatic carbocycles. The van der Waals surface area contributed by atoms with Gasteiger partial charge in [0, 0.05) is 22.9 Å². The van der Waals surface area contributed by atoms with E-state index in [4.69, 9.17) is 0 Å². The highest BCUT2D eigenvalue weighted by atomic mass is 32.1. The quantitative estimate of drug-likeness (QED) is 0.359. The summed E-state index contributed by atoms with van der Waals surface area (Å²) in [6.45, 7) is 4.14. The second kappa shape index (κ2) is 6.00. The number of thiazole rings is 1. The monoisotopic (exact) mass is 305 g/mol. The lowest BCUT2D eigenvalue weighted by molar-refractivity contribution is -0.384. The van der Waals surface area contributed by atoms with E-state index >= 15 is 0 Å². The van der Waals surface area contributed by atoms with E-state index in [1.165, 1.54) is 6.07 Å². The average Bonchev–Trinajstić information content (AvgIpc) is 2.88. The van der Waals surface area contributed by atoms with Crippen molar-refractivity contribution in [2.75, 3.05) is 0 Å². The molecule has 2 aromatic rings. The Morgan fingerprint density at radius 1 is 1.50 bits per heavy atom. The second-order valence-electron chi connectivity index (χ2n) is 4.39. The van der Waals surface area contributed by atoms with Crippen molar-refractivity contribution < 1.29 is 4.92 Å². The number of isothiocyanates is 1. The van der Waals surface area contributed by atoms with Gasteiger partial charge in [-0.15, -0.1) is 11.3 Å². The van der Waals surface area contributed by atoms with E-state index in [0.29, 0.717) is 5.92 Å². The molecule has 20 heavy (non-hydrogen) atoms. The van der Waals surface area contributed by atoms with E-state index in [2.05, 4.69) is 41.2 Å². The molecule has 0 spiro atoms. The maximum absolute atomic E-state index is 10.9. The average molecular weight is 305 g/mol. The summed E-state index contributed by atoms with van der Waals surface area (Å²) in [6, 6.07) is 4.69. The van der Waals surface area contributed by atoms with Crippen LogP contribution in [0.5, 0.6) is 0 Å². The number of hydrogen-bond acceptors (Lipinski definition) is 6.